The summed E-state index contributed by atoms with van der Waals surface area (Å²) in [6, 6.07) is 4.21. The van der Waals surface area contributed by atoms with Crippen LogP contribution in [0.3, 0.4) is 0 Å². The monoisotopic (exact) mass is 275 g/mol. The highest BCUT2D eigenvalue weighted by molar-refractivity contribution is 5.84. The number of nitrogens with one attached hydrogen (secondary N) is 1. The molecule has 0 aliphatic carbocycles. The van der Waals surface area contributed by atoms with Gasteiger partial charge in [-0.1, -0.05) is 13.8 Å². The first-order valence-electron chi connectivity index (χ1n) is 7.46. The Morgan fingerprint density at radius 2 is 1.90 bits per heavy atom. The van der Waals surface area contributed by atoms with Crippen molar-refractivity contribution < 1.29 is 4.79 Å². The van der Waals surface area contributed by atoms with Crippen LogP contribution in [0.15, 0.2) is 24.5 Å². The van der Waals surface area contributed by atoms with E-state index in [4.69, 9.17) is 0 Å². The van der Waals surface area contributed by atoms with E-state index in [1.807, 2.05) is 12.1 Å². The van der Waals surface area contributed by atoms with Gasteiger partial charge in [0.05, 0.1) is 5.92 Å². The maximum Gasteiger partial charge on any atom is 0.228 e. The number of aromatic nitrogens is 1. The van der Waals surface area contributed by atoms with Gasteiger partial charge >= 0.3 is 0 Å². The molecule has 1 fully saturated rings. The van der Waals surface area contributed by atoms with Gasteiger partial charge in [0, 0.05) is 18.4 Å². The molecule has 1 amide bonds. The fourth-order valence-electron chi connectivity index (χ4n) is 2.85. The number of carbonyl (C=O) groups excluding carboxylic acids is 1. The minimum Gasteiger partial charge on any atom is -0.353 e. The number of hydrogen-bond acceptors (Lipinski definition) is 3. The molecule has 2 heterocycles. The van der Waals surface area contributed by atoms with E-state index in [1.165, 1.54) is 0 Å². The molecular weight excluding hydrogens is 250 g/mol. The van der Waals surface area contributed by atoms with E-state index in [9.17, 15) is 4.79 Å². The molecule has 20 heavy (non-hydrogen) atoms. The molecule has 1 aliphatic rings. The lowest BCUT2D eigenvalue weighted by molar-refractivity contribution is -0.124. The van der Waals surface area contributed by atoms with Crippen molar-refractivity contribution in [2.75, 3.05) is 20.1 Å². The molecule has 1 aromatic rings. The molecule has 110 valence electrons. The van der Waals surface area contributed by atoms with Crippen molar-refractivity contribution in [3.8, 4) is 0 Å². The van der Waals surface area contributed by atoms with Crippen LogP contribution in [-0.4, -0.2) is 42.0 Å². The van der Waals surface area contributed by atoms with Crippen molar-refractivity contribution in [1.29, 1.82) is 0 Å². The number of carbonyl (C=O) groups is 1. The van der Waals surface area contributed by atoms with Crippen LogP contribution in [0.1, 0.15) is 38.2 Å². The zero-order chi connectivity index (χ0) is 14.5. The molecular formula is C16H25N3O. The second kappa shape index (κ2) is 6.84. The summed E-state index contributed by atoms with van der Waals surface area (Å²) in [5.41, 5.74) is 1.06. The number of nitrogens with zero attached hydrogens (tertiary/aromatic N) is 2. The third-order valence-corrected chi connectivity index (χ3v) is 4.08. The summed E-state index contributed by atoms with van der Waals surface area (Å²) < 4.78 is 0. The smallest absolute Gasteiger partial charge is 0.228 e. The Hall–Kier alpha value is -1.42. The normalized spacial score (nSPS) is 19.0. The number of amides is 1. The van der Waals surface area contributed by atoms with Crippen molar-refractivity contribution in [1.82, 2.24) is 15.2 Å². The highest BCUT2D eigenvalue weighted by atomic mass is 16.2. The van der Waals surface area contributed by atoms with Crippen LogP contribution < -0.4 is 5.32 Å². The Morgan fingerprint density at radius 3 is 2.45 bits per heavy atom. The molecule has 1 aromatic heterocycles. The van der Waals surface area contributed by atoms with Crippen molar-refractivity contribution in [3.05, 3.63) is 30.1 Å². The summed E-state index contributed by atoms with van der Waals surface area (Å²) in [6.45, 7) is 6.32. The van der Waals surface area contributed by atoms with Gasteiger partial charge in [-0.3, -0.25) is 9.78 Å². The van der Waals surface area contributed by atoms with Crippen LogP contribution in [0.4, 0.5) is 0 Å². The molecule has 4 nitrogen and oxygen atoms in total. The molecule has 1 saturated heterocycles. The standard InChI is InChI=1S/C16H25N3O/c1-12(2)15(13-4-8-17-9-5-13)16(20)18-14-6-10-19(3)11-7-14/h4-5,8-9,12,14-15H,6-7,10-11H2,1-3H3,(H,18,20)/t15-/m0/s1. The van der Waals surface area contributed by atoms with Crippen LogP contribution in [0.2, 0.25) is 0 Å². The summed E-state index contributed by atoms with van der Waals surface area (Å²) in [4.78, 5) is 18.9. The minimum atomic E-state index is -0.0855. The molecule has 0 bridgehead atoms. The van der Waals surface area contributed by atoms with Crippen LogP contribution in [-0.2, 0) is 4.79 Å². The first kappa shape index (κ1) is 15.0. The highest BCUT2D eigenvalue weighted by Crippen LogP contribution is 2.24. The van der Waals surface area contributed by atoms with Gasteiger partial charge in [-0.2, -0.15) is 0 Å². The molecule has 1 N–H and O–H groups in total. The Balaban J connectivity index is 2.01. The third kappa shape index (κ3) is 3.79. The van der Waals surface area contributed by atoms with Crippen LogP contribution in [0, 0.1) is 5.92 Å². The molecule has 1 aliphatic heterocycles. The second-order valence-electron chi connectivity index (χ2n) is 6.09. The maximum atomic E-state index is 12.6. The molecule has 0 radical (unpaired) electrons. The van der Waals surface area contributed by atoms with Crippen LogP contribution in [0.5, 0.6) is 0 Å². The Kier molecular flexibility index (Phi) is 5.12. The molecule has 4 heteroatoms. The number of likely N-dealkylation sites (tertiary alicyclic amines) is 1. The quantitative estimate of drug-likeness (QED) is 0.914. The largest absolute Gasteiger partial charge is 0.353 e. The first-order valence-corrected chi connectivity index (χ1v) is 7.46. The van der Waals surface area contributed by atoms with E-state index in [0.29, 0.717) is 6.04 Å². The summed E-state index contributed by atoms with van der Waals surface area (Å²) in [5, 5.41) is 3.23. The van der Waals surface area contributed by atoms with Crippen molar-refractivity contribution in [3.63, 3.8) is 0 Å². The molecule has 0 unspecified atom stereocenters. The molecule has 1 atom stereocenters. The summed E-state index contributed by atoms with van der Waals surface area (Å²) >= 11 is 0. The Morgan fingerprint density at radius 1 is 1.30 bits per heavy atom. The lowest BCUT2D eigenvalue weighted by atomic mass is 9.87. The predicted octanol–water partition coefficient (Wildman–Crippen LogP) is 2.03. The topological polar surface area (TPSA) is 45.2 Å². The fourth-order valence-corrected chi connectivity index (χ4v) is 2.85. The van der Waals surface area contributed by atoms with Gasteiger partial charge in [0.25, 0.3) is 0 Å². The first-order chi connectivity index (χ1) is 9.58. The second-order valence-corrected chi connectivity index (χ2v) is 6.09. The van der Waals surface area contributed by atoms with Gasteiger partial charge in [0.1, 0.15) is 0 Å². The fraction of sp³-hybridized carbons (Fsp3) is 0.625. The van der Waals surface area contributed by atoms with E-state index in [1.54, 1.807) is 12.4 Å². The van der Waals surface area contributed by atoms with Gasteiger partial charge in [0.2, 0.25) is 5.91 Å². The minimum absolute atomic E-state index is 0.0855. The summed E-state index contributed by atoms with van der Waals surface area (Å²) in [5.74, 6) is 0.349. The zero-order valence-electron chi connectivity index (χ0n) is 12.7. The van der Waals surface area contributed by atoms with Gasteiger partial charge in [0.15, 0.2) is 0 Å². The van der Waals surface area contributed by atoms with E-state index in [2.05, 4.69) is 36.1 Å². The van der Waals surface area contributed by atoms with E-state index in [0.717, 1.165) is 31.5 Å². The van der Waals surface area contributed by atoms with E-state index < -0.39 is 0 Å². The Labute approximate surface area is 121 Å². The number of piperidine rings is 1. The predicted molar refractivity (Wildman–Crippen MR) is 80.5 cm³/mol. The van der Waals surface area contributed by atoms with E-state index >= 15 is 0 Å². The Bertz CT molecular complexity index is 425. The average molecular weight is 275 g/mol. The third-order valence-electron chi connectivity index (χ3n) is 4.08. The van der Waals surface area contributed by atoms with Gasteiger partial charge < -0.3 is 10.2 Å². The van der Waals surface area contributed by atoms with E-state index in [-0.39, 0.29) is 17.7 Å². The zero-order valence-corrected chi connectivity index (χ0v) is 12.7. The number of pyridine rings is 1. The maximum absolute atomic E-state index is 12.6. The van der Waals surface area contributed by atoms with Gasteiger partial charge in [-0.05, 0) is 56.6 Å². The molecule has 0 saturated carbocycles. The summed E-state index contributed by atoms with van der Waals surface area (Å²) in [7, 11) is 2.13. The van der Waals surface area contributed by atoms with Gasteiger partial charge in [-0.25, -0.2) is 0 Å². The van der Waals surface area contributed by atoms with Gasteiger partial charge in [-0.15, -0.1) is 0 Å². The summed E-state index contributed by atoms with van der Waals surface area (Å²) in [6.07, 6.45) is 5.61. The van der Waals surface area contributed by atoms with Crippen LogP contribution in [0.25, 0.3) is 0 Å². The number of hydrogen-bond donors (Lipinski definition) is 1. The molecule has 2 rings (SSSR count). The highest BCUT2D eigenvalue weighted by Gasteiger charge is 2.27. The van der Waals surface area contributed by atoms with Crippen molar-refractivity contribution in [2.24, 2.45) is 5.92 Å². The van der Waals surface area contributed by atoms with Crippen molar-refractivity contribution in [2.45, 2.75) is 38.6 Å². The molecule has 0 spiro atoms. The lowest BCUT2D eigenvalue weighted by Gasteiger charge is -2.31. The van der Waals surface area contributed by atoms with Crippen molar-refractivity contribution >= 4 is 5.91 Å². The lowest BCUT2D eigenvalue weighted by Crippen LogP contribution is -2.45. The molecule has 0 aromatic carbocycles. The SMILES string of the molecule is CC(C)[C@H](C(=O)NC1CCN(C)CC1)c1ccncc1. The number of rotatable bonds is 4. The average Bonchev–Trinajstić information content (AvgIpc) is 2.42. The van der Waals surface area contributed by atoms with Crippen LogP contribution >= 0.6 is 0 Å².